The van der Waals surface area contributed by atoms with E-state index in [0.717, 1.165) is 16.7 Å². The van der Waals surface area contributed by atoms with Crippen molar-refractivity contribution >= 4 is 0 Å². The van der Waals surface area contributed by atoms with Gasteiger partial charge in [0.25, 0.3) is 0 Å². The van der Waals surface area contributed by atoms with Crippen LogP contribution in [0.5, 0.6) is 11.8 Å². The van der Waals surface area contributed by atoms with Crippen molar-refractivity contribution in [3.63, 3.8) is 0 Å². The zero-order valence-electron chi connectivity index (χ0n) is 19.6. The van der Waals surface area contributed by atoms with Gasteiger partial charge in [0.05, 0.1) is 11.6 Å². The van der Waals surface area contributed by atoms with Crippen LogP contribution in [0.4, 0.5) is 0 Å². The summed E-state index contributed by atoms with van der Waals surface area (Å²) >= 11 is 0. The van der Waals surface area contributed by atoms with Crippen LogP contribution < -0.4 is 9.47 Å². The molecule has 0 bridgehead atoms. The van der Waals surface area contributed by atoms with E-state index in [4.69, 9.17) is 19.8 Å². The zero-order chi connectivity index (χ0) is 24.6. The third kappa shape index (κ3) is 4.55. The monoisotopic (exact) mass is 472 g/mol. The fraction of sp³-hybridized carbons (Fsp3) is 0.100. The fourth-order valence-corrected chi connectivity index (χ4v) is 4.36. The molecule has 0 amide bonds. The SMILES string of the molecule is N#Cc1cccc(OCCOc2ncn(C(c3ccccc3)(c3ccccc3)c3ccccc3)n2)c1. The highest BCUT2D eigenvalue weighted by Gasteiger charge is 2.39. The number of nitriles is 1. The van der Waals surface area contributed by atoms with E-state index < -0.39 is 5.54 Å². The van der Waals surface area contributed by atoms with Crippen LogP contribution in [-0.2, 0) is 5.54 Å². The molecule has 0 aliphatic heterocycles. The molecule has 0 saturated heterocycles. The molecule has 6 heteroatoms. The van der Waals surface area contributed by atoms with Crippen molar-refractivity contribution < 1.29 is 9.47 Å². The van der Waals surface area contributed by atoms with Gasteiger partial charge in [-0.25, -0.2) is 4.68 Å². The molecule has 5 aromatic rings. The Balaban J connectivity index is 1.45. The van der Waals surface area contributed by atoms with Crippen molar-refractivity contribution in [2.24, 2.45) is 0 Å². The Hall–Kier alpha value is -4.89. The Morgan fingerprint density at radius 3 is 1.81 bits per heavy atom. The number of hydrogen-bond acceptors (Lipinski definition) is 5. The van der Waals surface area contributed by atoms with Gasteiger partial charge < -0.3 is 9.47 Å². The first-order chi connectivity index (χ1) is 17.8. The van der Waals surface area contributed by atoms with E-state index in [2.05, 4.69) is 47.5 Å². The summed E-state index contributed by atoms with van der Waals surface area (Å²) in [6.45, 7) is 0.556. The molecule has 1 heterocycles. The minimum atomic E-state index is -0.743. The molecular formula is C30H24N4O2. The van der Waals surface area contributed by atoms with E-state index in [9.17, 15) is 0 Å². The summed E-state index contributed by atoms with van der Waals surface area (Å²) in [5.74, 6) is 0.618. The predicted octanol–water partition coefficient (Wildman–Crippen LogP) is 5.45. The minimum Gasteiger partial charge on any atom is -0.490 e. The molecule has 0 atom stereocenters. The van der Waals surface area contributed by atoms with Crippen LogP contribution in [0.25, 0.3) is 0 Å². The lowest BCUT2D eigenvalue weighted by Gasteiger charge is -2.35. The Kier molecular flexibility index (Phi) is 6.72. The molecule has 5 rings (SSSR count). The second kappa shape index (κ2) is 10.6. The number of rotatable bonds is 9. The number of benzene rings is 4. The van der Waals surface area contributed by atoms with Crippen LogP contribution in [0.2, 0.25) is 0 Å². The molecule has 0 spiro atoms. The van der Waals surface area contributed by atoms with Crippen LogP contribution in [0, 0.1) is 11.3 Å². The quantitative estimate of drug-likeness (QED) is 0.211. The normalized spacial score (nSPS) is 11.0. The largest absolute Gasteiger partial charge is 0.490 e. The van der Waals surface area contributed by atoms with E-state index in [1.165, 1.54) is 0 Å². The number of ether oxygens (including phenoxy) is 2. The second-order valence-corrected chi connectivity index (χ2v) is 8.12. The molecular weight excluding hydrogens is 448 g/mol. The van der Waals surface area contributed by atoms with Gasteiger partial charge in [-0.1, -0.05) is 97.1 Å². The molecule has 0 N–H and O–H groups in total. The van der Waals surface area contributed by atoms with E-state index in [0.29, 0.717) is 17.9 Å². The van der Waals surface area contributed by atoms with Crippen LogP contribution in [0.1, 0.15) is 22.3 Å². The molecule has 176 valence electrons. The molecule has 6 nitrogen and oxygen atoms in total. The van der Waals surface area contributed by atoms with Gasteiger partial charge in [0.2, 0.25) is 0 Å². The third-order valence-corrected chi connectivity index (χ3v) is 5.94. The van der Waals surface area contributed by atoms with Crippen LogP contribution in [-0.4, -0.2) is 28.0 Å². The summed E-state index contributed by atoms with van der Waals surface area (Å²) in [4.78, 5) is 4.46. The van der Waals surface area contributed by atoms with Crippen LogP contribution in [0.3, 0.4) is 0 Å². The van der Waals surface area contributed by atoms with Gasteiger partial charge in [0.15, 0.2) is 0 Å². The zero-order valence-corrected chi connectivity index (χ0v) is 19.6. The summed E-state index contributed by atoms with van der Waals surface area (Å²) in [5.41, 5.74) is 2.97. The number of aromatic nitrogens is 3. The summed E-state index contributed by atoms with van der Waals surface area (Å²) in [5, 5.41) is 13.8. The van der Waals surface area contributed by atoms with Gasteiger partial charge >= 0.3 is 6.01 Å². The summed E-state index contributed by atoms with van der Waals surface area (Å²) < 4.78 is 13.4. The molecule has 0 radical (unpaired) electrons. The first kappa shape index (κ1) is 22.9. The highest BCUT2D eigenvalue weighted by atomic mass is 16.5. The van der Waals surface area contributed by atoms with E-state index in [-0.39, 0.29) is 12.6 Å². The van der Waals surface area contributed by atoms with Gasteiger partial charge in [0.1, 0.15) is 30.8 Å². The smallest absolute Gasteiger partial charge is 0.335 e. The van der Waals surface area contributed by atoms with E-state index in [1.807, 2.05) is 65.3 Å². The van der Waals surface area contributed by atoms with Gasteiger partial charge in [-0.2, -0.15) is 10.2 Å². The van der Waals surface area contributed by atoms with Crippen molar-refractivity contribution in [1.29, 1.82) is 5.26 Å². The van der Waals surface area contributed by atoms with Crippen LogP contribution in [0.15, 0.2) is 122 Å². The highest BCUT2D eigenvalue weighted by Crippen LogP contribution is 2.40. The Morgan fingerprint density at radius 1 is 0.694 bits per heavy atom. The van der Waals surface area contributed by atoms with Gasteiger partial charge in [-0.05, 0) is 34.9 Å². The molecule has 36 heavy (non-hydrogen) atoms. The van der Waals surface area contributed by atoms with Crippen molar-refractivity contribution in [3.8, 4) is 17.8 Å². The molecule has 1 aromatic heterocycles. The minimum absolute atomic E-state index is 0.260. The Morgan fingerprint density at radius 2 is 1.25 bits per heavy atom. The average molecular weight is 473 g/mol. The van der Waals surface area contributed by atoms with Gasteiger partial charge in [-0.3, -0.25) is 0 Å². The Labute approximate surface area is 210 Å². The maximum absolute atomic E-state index is 9.05. The summed E-state index contributed by atoms with van der Waals surface area (Å²) in [7, 11) is 0. The molecule has 0 aliphatic rings. The number of hydrogen-bond donors (Lipinski definition) is 0. The molecule has 0 saturated carbocycles. The third-order valence-electron chi connectivity index (χ3n) is 5.94. The molecule has 4 aromatic carbocycles. The van der Waals surface area contributed by atoms with E-state index in [1.54, 1.807) is 24.5 Å². The van der Waals surface area contributed by atoms with Gasteiger partial charge in [-0.15, -0.1) is 5.10 Å². The average Bonchev–Trinajstić information content (AvgIpc) is 3.42. The van der Waals surface area contributed by atoms with Crippen molar-refractivity contribution in [3.05, 3.63) is 144 Å². The first-order valence-corrected chi connectivity index (χ1v) is 11.6. The molecule has 0 aliphatic carbocycles. The Bertz CT molecular complexity index is 1350. The first-order valence-electron chi connectivity index (χ1n) is 11.6. The molecule has 0 unspecified atom stereocenters. The van der Waals surface area contributed by atoms with Crippen molar-refractivity contribution in [1.82, 2.24) is 14.8 Å². The second-order valence-electron chi connectivity index (χ2n) is 8.12. The van der Waals surface area contributed by atoms with Crippen LogP contribution >= 0.6 is 0 Å². The maximum atomic E-state index is 9.05. The lowest BCUT2D eigenvalue weighted by Crippen LogP contribution is -2.38. The lowest BCUT2D eigenvalue weighted by atomic mass is 9.77. The predicted molar refractivity (Wildman–Crippen MR) is 137 cm³/mol. The highest BCUT2D eigenvalue weighted by molar-refractivity contribution is 5.50. The topological polar surface area (TPSA) is 73.0 Å². The lowest BCUT2D eigenvalue weighted by molar-refractivity contribution is 0.205. The van der Waals surface area contributed by atoms with Crippen molar-refractivity contribution in [2.45, 2.75) is 5.54 Å². The standard InChI is InChI=1S/C30H24N4O2/c31-22-24-11-10-18-28(21-24)35-19-20-36-29-32-23-34(33-29)30(25-12-4-1-5-13-25,26-14-6-2-7-15-26)27-16-8-3-9-17-27/h1-18,21,23H,19-20H2. The maximum Gasteiger partial charge on any atom is 0.335 e. The summed E-state index contributed by atoms with van der Waals surface area (Å²) in [6, 6.07) is 40.2. The van der Waals surface area contributed by atoms with Crippen molar-refractivity contribution in [2.75, 3.05) is 13.2 Å². The van der Waals surface area contributed by atoms with E-state index >= 15 is 0 Å². The fourth-order valence-electron chi connectivity index (χ4n) is 4.36. The van der Waals surface area contributed by atoms with Gasteiger partial charge in [0, 0.05) is 0 Å². The molecule has 0 fully saturated rings. The summed E-state index contributed by atoms with van der Waals surface area (Å²) in [6.07, 6.45) is 1.71. The number of nitrogens with zero attached hydrogens (tertiary/aromatic N) is 4.